The van der Waals surface area contributed by atoms with E-state index < -0.39 is 32.5 Å². The molecule has 7 nitrogen and oxygen atoms in total. The number of carbonyl (C=O) groups excluding carboxylic acids is 2. The van der Waals surface area contributed by atoms with Crippen LogP contribution in [0.4, 0.5) is 0 Å². The van der Waals surface area contributed by atoms with E-state index in [0.29, 0.717) is 12.8 Å². The molecule has 0 saturated carbocycles. The van der Waals surface area contributed by atoms with Gasteiger partial charge in [-0.25, -0.2) is 9.59 Å². The summed E-state index contributed by atoms with van der Waals surface area (Å²) in [6.45, 7) is 4.81. The summed E-state index contributed by atoms with van der Waals surface area (Å²) in [5.74, 6) is -1.76. The SMILES string of the molecule is CCCCCCCCCCCCCCCC/C=C/CCCCCCOC(=O)c1cccc(S(=O)(=O)O)c1C(=O)OCCCCCC/C=C/CCCCCCCCCCCCCCCC. The molecule has 0 heterocycles. The molecule has 0 bridgehead atoms. The summed E-state index contributed by atoms with van der Waals surface area (Å²) < 4.78 is 45.0. The number of benzene rings is 1. The van der Waals surface area contributed by atoms with Gasteiger partial charge in [0.25, 0.3) is 10.1 Å². The highest BCUT2D eigenvalue weighted by Crippen LogP contribution is 2.23. The van der Waals surface area contributed by atoms with Crippen molar-refractivity contribution in [1.82, 2.24) is 0 Å². The molecule has 0 aliphatic carbocycles. The van der Waals surface area contributed by atoms with Crippen LogP contribution in [-0.4, -0.2) is 38.1 Å². The Morgan fingerprint density at radius 2 is 0.703 bits per heavy atom. The van der Waals surface area contributed by atoms with Crippen LogP contribution in [-0.2, 0) is 19.6 Å². The molecule has 1 aromatic rings. The van der Waals surface area contributed by atoms with Crippen molar-refractivity contribution in [3.63, 3.8) is 0 Å². The van der Waals surface area contributed by atoms with Gasteiger partial charge in [0.15, 0.2) is 0 Å². The monoisotopic (exact) mass is 915 g/mol. The van der Waals surface area contributed by atoms with Crippen LogP contribution in [0.5, 0.6) is 0 Å². The van der Waals surface area contributed by atoms with Crippen LogP contribution in [0.3, 0.4) is 0 Å². The summed E-state index contributed by atoms with van der Waals surface area (Å²) in [7, 11) is -4.78. The van der Waals surface area contributed by atoms with Gasteiger partial charge in [0.1, 0.15) is 4.90 Å². The Hall–Kier alpha value is -2.45. The van der Waals surface area contributed by atoms with Crippen molar-refractivity contribution in [2.75, 3.05) is 13.2 Å². The molecule has 0 atom stereocenters. The summed E-state index contributed by atoms with van der Waals surface area (Å²) in [6, 6.07) is 3.76. The highest BCUT2D eigenvalue weighted by molar-refractivity contribution is 7.86. The molecule has 0 amide bonds. The van der Waals surface area contributed by atoms with E-state index >= 15 is 0 Å². The first-order valence-corrected chi connectivity index (χ1v) is 28.5. The summed E-state index contributed by atoms with van der Waals surface area (Å²) in [6.07, 6.45) is 59.4. The van der Waals surface area contributed by atoms with E-state index in [-0.39, 0.29) is 18.8 Å². The molecule has 0 aliphatic heterocycles. The molecule has 0 radical (unpaired) electrons. The summed E-state index contributed by atoms with van der Waals surface area (Å²) >= 11 is 0. The maximum Gasteiger partial charge on any atom is 0.340 e. The van der Waals surface area contributed by atoms with Crippen LogP contribution < -0.4 is 0 Å². The molecule has 370 valence electrons. The van der Waals surface area contributed by atoms with E-state index in [1.165, 1.54) is 192 Å². The van der Waals surface area contributed by atoms with Gasteiger partial charge in [-0.1, -0.05) is 237 Å². The normalized spacial score (nSPS) is 11.9. The van der Waals surface area contributed by atoms with E-state index in [2.05, 4.69) is 38.2 Å². The Balaban J connectivity index is 2.14. The number of rotatable bonds is 47. The smallest absolute Gasteiger partial charge is 0.340 e. The van der Waals surface area contributed by atoms with Gasteiger partial charge >= 0.3 is 11.9 Å². The van der Waals surface area contributed by atoms with Crippen LogP contribution in [0.25, 0.3) is 0 Å². The Morgan fingerprint density at radius 3 is 1.02 bits per heavy atom. The molecule has 0 aliphatic rings. The maximum atomic E-state index is 13.1. The molecule has 1 rings (SSSR count). The van der Waals surface area contributed by atoms with Gasteiger partial charge in [-0.3, -0.25) is 4.55 Å². The Labute approximate surface area is 394 Å². The lowest BCUT2D eigenvalue weighted by Gasteiger charge is -2.13. The average molecular weight is 915 g/mol. The van der Waals surface area contributed by atoms with Crippen LogP contribution in [0.2, 0.25) is 0 Å². The van der Waals surface area contributed by atoms with Gasteiger partial charge in [0.05, 0.1) is 24.3 Å². The molecule has 0 aromatic heterocycles. The van der Waals surface area contributed by atoms with Crippen molar-refractivity contribution in [2.45, 2.75) is 276 Å². The third kappa shape index (κ3) is 35.8. The molecule has 1 aromatic carbocycles. The van der Waals surface area contributed by atoms with Crippen LogP contribution >= 0.6 is 0 Å². The fourth-order valence-corrected chi connectivity index (χ4v) is 9.13. The van der Waals surface area contributed by atoms with Gasteiger partial charge in [0.2, 0.25) is 0 Å². The zero-order valence-electron chi connectivity index (χ0n) is 41.5. The second-order valence-electron chi connectivity index (χ2n) is 18.5. The Morgan fingerprint density at radius 1 is 0.422 bits per heavy atom. The van der Waals surface area contributed by atoms with E-state index in [1.54, 1.807) is 0 Å². The first kappa shape index (κ1) is 59.6. The van der Waals surface area contributed by atoms with Crippen molar-refractivity contribution in [3.05, 3.63) is 53.6 Å². The van der Waals surface area contributed by atoms with Gasteiger partial charge in [-0.15, -0.1) is 0 Å². The van der Waals surface area contributed by atoms with E-state index in [0.717, 1.165) is 70.3 Å². The zero-order valence-corrected chi connectivity index (χ0v) is 42.4. The quantitative estimate of drug-likeness (QED) is 0.0300. The molecular weight excluding hydrogens is 817 g/mol. The van der Waals surface area contributed by atoms with E-state index in [1.807, 2.05) is 0 Å². The molecule has 1 N–H and O–H groups in total. The lowest BCUT2D eigenvalue weighted by Crippen LogP contribution is -2.19. The predicted molar refractivity (Wildman–Crippen MR) is 271 cm³/mol. The highest BCUT2D eigenvalue weighted by Gasteiger charge is 2.28. The first-order valence-electron chi connectivity index (χ1n) is 27.1. The largest absolute Gasteiger partial charge is 0.462 e. The molecule has 0 saturated heterocycles. The summed E-state index contributed by atoms with van der Waals surface area (Å²) in [5, 5.41) is 0. The molecule has 0 unspecified atom stereocenters. The van der Waals surface area contributed by atoms with E-state index in [4.69, 9.17) is 9.47 Å². The molecule has 0 spiro atoms. The highest BCUT2D eigenvalue weighted by atomic mass is 32.2. The van der Waals surface area contributed by atoms with Crippen molar-refractivity contribution < 1.29 is 32.0 Å². The molecule has 8 heteroatoms. The van der Waals surface area contributed by atoms with Crippen molar-refractivity contribution in [1.29, 1.82) is 0 Å². The summed E-state index contributed by atoms with van der Waals surface area (Å²) in [5.41, 5.74) is -0.690. The average Bonchev–Trinajstić information content (AvgIpc) is 3.28. The number of unbranched alkanes of at least 4 members (excludes halogenated alkanes) is 36. The van der Waals surface area contributed by atoms with Gasteiger partial charge in [-0.05, 0) is 76.3 Å². The van der Waals surface area contributed by atoms with Crippen molar-refractivity contribution in [3.8, 4) is 0 Å². The van der Waals surface area contributed by atoms with Gasteiger partial charge in [0, 0.05) is 0 Å². The number of carbonyl (C=O) groups is 2. The Bertz CT molecular complexity index is 1400. The van der Waals surface area contributed by atoms with Crippen LogP contribution in [0, 0.1) is 0 Å². The lowest BCUT2D eigenvalue weighted by molar-refractivity contribution is 0.0446. The fraction of sp³-hybridized carbons (Fsp3) is 0.786. The van der Waals surface area contributed by atoms with E-state index in [9.17, 15) is 22.6 Å². The topological polar surface area (TPSA) is 107 Å². The lowest BCUT2D eigenvalue weighted by atomic mass is 10.0. The van der Waals surface area contributed by atoms with Crippen molar-refractivity contribution >= 4 is 22.1 Å². The minimum Gasteiger partial charge on any atom is -0.462 e. The number of esters is 2. The summed E-state index contributed by atoms with van der Waals surface area (Å²) in [4.78, 5) is 25.5. The number of allylic oxidation sites excluding steroid dienone is 4. The molecule has 64 heavy (non-hydrogen) atoms. The predicted octanol–water partition coefficient (Wildman–Crippen LogP) is 18.0. The molecule has 0 fully saturated rings. The van der Waals surface area contributed by atoms with Crippen molar-refractivity contribution in [2.24, 2.45) is 0 Å². The van der Waals surface area contributed by atoms with Crippen LogP contribution in [0.1, 0.15) is 291 Å². The third-order valence-corrected chi connectivity index (χ3v) is 13.4. The second-order valence-corrected chi connectivity index (χ2v) is 19.9. The number of hydrogen-bond donors (Lipinski definition) is 1. The van der Waals surface area contributed by atoms with Gasteiger partial charge < -0.3 is 9.47 Å². The Kier molecular flexibility index (Phi) is 41.3. The number of hydrogen-bond acceptors (Lipinski definition) is 6. The maximum absolute atomic E-state index is 13.1. The van der Waals surface area contributed by atoms with Gasteiger partial charge in [-0.2, -0.15) is 8.42 Å². The number of ether oxygens (including phenoxy) is 2. The minimum absolute atomic E-state index is 0.0940. The minimum atomic E-state index is -4.78. The molecular formula is C56H98O7S. The zero-order chi connectivity index (χ0) is 46.4. The van der Waals surface area contributed by atoms with Crippen LogP contribution in [0.15, 0.2) is 47.4 Å². The third-order valence-electron chi connectivity index (χ3n) is 12.5. The standard InChI is InChI=1S/C56H98O7S/c1-3-5-7-9-11-13-15-17-19-21-23-25-27-29-31-33-35-37-39-41-43-45-50-62-55(57)52-48-47-49-53(64(59,60)61)54(52)56(58)63-51-46-44-42-40-38-36-34-32-30-28-26-24-22-20-18-16-14-12-10-8-6-4-2/h33-36,47-49H,3-32,37-46,50-51H2,1-2H3,(H,59,60,61)/b35-33+,36-34+. The first-order chi connectivity index (χ1) is 31.3. The fourth-order valence-electron chi connectivity index (χ4n) is 8.43. The second kappa shape index (κ2) is 44.4.